The second-order valence-corrected chi connectivity index (χ2v) is 11.1. The number of ether oxygens (including phenoxy) is 4. The van der Waals surface area contributed by atoms with Crippen molar-refractivity contribution < 1.29 is 39.4 Å². The third-order valence-electron chi connectivity index (χ3n) is 6.61. The van der Waals surface area contributed by atoms with Crippen LogP contribution in [0.25, 0.3) is 0 Å². The largest absolute Gasteiger partial charge is 0.493 e. The molecule has 0 saturated heterocycles. The Morgan fingerprint density at radius 3 is 1.93 bits per heavy atom. The van der Waals surface area contributed by atoms with Crippen molar-refractivity contribution in [3.63, 3.8) is 0 Å². The highest BCUT2D eigenvalue weighted by Gasteiger charge is 2.29. The van der Waals surface area contributed by atoms with Crippen molar-refractivity contribution in [3.05, 3.63) is 70.3 Å². The second kappa shape index (κ2) is 15.8. The SMILES string of the molecule is COc1cc(C(C)C)ccc1OC(CO)C(O)c1cc(C)c(OC(CO)C(O)/C(C=C(C)C)=C/C(C)C)c(OC)c1. The number of methoxy groups -OCH3 is 2. The molecule has 0 fully saturated rings. The minimum Gasteiger partial charge on any atom is -0.493 e. The quantitative estimate of drug-likeness (QED) is 0.214. The van der Waals surface area contributed by atoms with Crippen LogP contribution in [0.3, 0.4) is 0 Å². The fraction of sp³-hybridized carbons (Fsp3) is 0.515. The molecular formula is C33H48O8. The van der Waals surface area contributed by atoms with Gasteiger partial charge >= 0.3 is 0 Å². The molecule has 0 amide bonds. The van der Waals surface area contributed by atoms with Gasteiger partial charge in [0.2, 0.25) is 0 Å². The molecule has 2 aromatic carbocycles. The summed E-state index contributed by atoms with van der Waals surface area (Å²) in [6.45, 7) is 12.9. The first-order chi connectivity index (χ1) is 19.4. The fourth-order valence-electron chi connectivity index (χ4n) is 4.48. The van der Waals surface area contributed by atoms with Gasteiger partial charge in [-0.1, -0.05) is 51.5 Å². The van der Waals surface area contributed by atoms with Gasteiger partial charge < -0.3 is 39.4 Å². The molecule has 41 heavy (non-hydrogen) atoms. The van der Waals surface area contributed by atoms with Gasteiger partial charge in [-0.05, 0) is 79.1 Å². The first kappa shape index (κ1) is 34.2. The highest BCUT2D eigenvalue weighted by Crippen LogP contribution is 2.38. The number of aliphatic hydroxyl groups excluding tert-OH is 4. The Kier molecular flexibility index (Phi) is 13.2. The van der Waals surface area contributed by atoms with Crippen LogP contribution in [0.15, 0.2) is 53.6 Å². The van der Waals surface area contributed by atoms with Crippen LogP contribution in [0, 0.1) is 12.8 Å². The number of hydrogen-bond acceptors (Lipinski definition) is 8. The van der Waals surface area contributed by atoms with Gasteiger partial charge in [-0.2, -0.15) is 0 Å². The summed E-state index contributed by atoms with van der Waals surface area (Å²) in [5.41, 5.74) is 3.78. The number of aliphatic hydroxyl groups is 4. The summed E-state index contributed by atoms with van der Waals surface area (Å²) < 4.78 is 23.2. The molecule has 0 aliphatic heterocycles. The molecular weight excluding hydrogens is 524 g/mol. The molecule has 0 spiro atoms. The number of hydrogen-bond donors (Lipinski definition) is 4. The van der Waals surface area contributed by atoms with Crippen LogP contribution in [-0.2, 0) is 0 Å². The Morgan fingerprint density at radius 1 is 0.805 bits per heavy atom. The Hall–Kier alpha value is -3.04. The van der Waals surface area contributed by atoms with Crippen LogP contribution in [0.5, 0.6) is 23.0 Å². The molecule has 8 nitrogen and oxygen atoms in total. The van der Waals surface area contributed by atoms with Crippen molar-refractivity contribution in [3.8, 4) is 23.0 Å². The summed E-state index contributed by atoms with van der Waals surface area (Å²) in [6, 6.07) is 8.87. The fourth-order valence-corrected chi connectivity index (χ4v) is 4.48. The molecule has 4 N–H and O–H groups in total. The van der Waals surface area contributed by atoms with E-state index >= 15 is 0 Å². The number of aryl methyl sites for hydroxylation is 1. The normalized spacial score (nSPS) is 14.9. The highest BCUT2D eigenvalue weighted by atomic mass is 16.5. The second-order valence-electron chi connectivity index (χ2n) is 11.1. The van der Waals surface area contributed by atoms with E-state index in [4.69, 9.17) is 18.9 Å². The van der Waals surface area contributed by atoms with Crippen LogP contribution < -0.4 is 18.9 Å². The van der Waals surface area contributed by atoms with Crippen LogP contribution in [0.4, 0.5) is 0 Å². The third kappa shape index (κ3) is 9.23. The molecule has 0 saturated carbocycles. The minimum absolute atomic E-state index is 0.182. The van der Waals surface area contributed by atoms with Crippen LogP contribution >= 0.6 is 0 Å². The van der Waals surface area contributed by atoms with E-state index in [9.17, 15) is 20.4 Å². The van der Waals surface area contributed by atoms with Crippen molar-refractivity contribution in [1.82, 2.24) is 0 Å². The first-order valence-electron chi connectivity index (χ1n) is 14.0. The van der Waals surface area contributed by atoms with Gasteiger partial charge in [0.25, 0.3) is 0 Å². The molecule has 2 aromatic rings. The van der Waals surface area contributed by atoms with Gasteiger partial charge in [0.15, 0.2) is 35.2 Å². The van der Waals surface area contributed by atoms with E-state index < -0.39 is 37.6 Å². The first-order valence-corrected chi connectivity index (χ1v) is 14.0. The van der Waals surface area contributed by atoms with Crippen LogP contribution in [0.2, 0.25) is 0 Å². The smallest absolute Gasteiger partial charge is 0.164 e. The molecule has 0 bridgehead atoms. The maximum Gasteiger partial charge on any atom is 0.164 e. The summed E-state index contributed by atoms with van der Waals surface area (Å²) in [5, 5.41) is 42.6. The number of benzene rings is 2. The molecule has 0 aromatic heterocycles. The molecule has 4 atom stereocenters. The average Bonchev–Trinajstić information content (AvgIpc) is 2.93. The summed E-state index contributed by atoms with van der Waals surface area (Å²) >= 11 is 0. The summed E-state index contributed by atoms with van der Waals surface area (Å²) in [5.74, 6) is 2.02. The van der Waals surface area contributed by atoms with E-state index in [0.717, 1.165) is 11.1 Å². The van der Waals surface area contributed by atoms with E-state index in [0.29, 0.717) is 45.6 Å². The predicted octanol–water partition coefficient (Wildman–Crippen LogP) is 5.26. The molecule has 8 heteroatoms. The number of allylic oxidation sites excluding steroid dienone is 2. The lowest BCUT2D eigenvalue weighted by Gasteiger charge is -2.28. The zero-order chi connectivity index (χ0) is 30.9. The lowest BCUT2D eigenvalue weighted by Crippen LogP contribution is -2.36. The molecule has 0 aliphatic carbocycles. The van der Waals surface area contributed by atoms with E-state index in [1.807, 2.05) is 52.0 Å². The monoisotopic (exact) mass is 572 g/mol. The van der Waals surface area contributed by atoms with Crippen molar-refractivity contribution >= 4 is 0 Å². The third-order valence-corrected chi connectivity index (χ3v) is 6.61. The topological polar surface area (TPSA) is 118 Å². The Morgan fingerprint density at radius 2 is 1.41 bits per heavy atom. The maximum absolute atomic E-state index is 11.2. The van der Waals surface area contributed by atoms with Gasteiger partial charge in [0, 0.05) is 0 Å². The lowest BCUT2D eigenvalue weighted by atomic mass is 9.98. The minimum atomic E-state index is -1.21. The van der Waals surface area contributed by atoms with E-state index in [1.54, 1.807) is 32.2 Å². The zero-order valence-electron chi connectivity index (χ0n) is 25.8. The molecule has 0 radical (unpaired) electrons. The van der Waals surface area contributed by atoms with Crippen LogP contribution in [-0.4, -0.2) is 66.2 Å². The van der Waals surface area contributed by atoms with E-state index in [-0.39, 0.29) is 5.92 Å². The van der Waals surface area contributed by atoms with Crippen molar-refractivity contribution in [2.45, 2.75) is 78.8 Å². The standard InChI is InChI=1S/C33H48O8/c1-19(2)12-24(13-20(3)4)31(36)30(18-35)41-33-22(7)14-25(16-28(33)39-9)32(37)29(17-34)40-26-11-10-23(21(5)6)15-27(26)38-8/h10-16,19,21,29-32,34-37H,17-18H2,1-9H3/b24-12+. The summed E-state index contributed by atoms with van der Waals surface area (Å²) in [4.78, 5) is 0. The van der Waals surface area contributed by atoms with Gasteiger partial charge in [-0.25, -0.2) is 0 Å². The molecule has 0 aliphatic rings. The number of rotatable bonds is 15. The lowest BCUT2D eigenvalue weighted by molar-refractivity contribution is -0.000797. The van der Waals surface area contributed by atoms with Gasteiger partial charge in [-0.3, -0.25) is 0 Å². The molecule has 2 rings (SSSR count). The maximum atomic E-state index is 11.2. The Balaban J connectivity index is 2.38. The molecule has 228 valence electrons. The van der Waals surface area contributed by atoms with Crippen LogP contribution in [0.1, 0.15) is 70.3 Å². The van der Waals surface area contributed by atoms with Crippen molar-refractivity contribution in [2.75, 3.05) is 27.4 Å². The predicted molar refractivity (Wildman–Crippen MR) is 161 cm³/mol. The van der Waals surface area contributed by atoms with Gasteiger partial charge in [0.05, 0.1) is 27.4 Å². The average molecular weight is 573 g/mol. The summed E-state index contributed by atoms with van der Waals surface area (Å²) in [7, 11) is 3.01. The summed E-state index contributed by atoms with van der Waals surface area (Å²) in [6.07, 6.45) is -0.448. The van der Waals surface area contributed by atoms with Gasteiger partial charge in [-0.15, -0.1) is 0 Å². The Bertz CT molecular complexity index is 1180. The molecule has 0 heterocycles. The van der Waals surface area contributed by atoms with E-state index in [2.05, 4.69) is 13.8 Å². The van der Waals surface area contributed by atoms with Crippen molar-refractivity contribution in [1.29, 1.82) is 0 Å². The highest BCUT2D eigenvalue weighted by molar-refractivity contribution is 5.50. The molecule has 4 unspecified atom stereocenters. The zero-order valence-corrected chi connectivity index (χ0v) is 25.8. The van der Waals surface area contributed by atoms with Gasteiger partial charge in [0.1, 0.15) is 12.2 Å². The van der Waals surface area contributed by atoms with E-state index in [1.165, 1.54) is 7.11 Å². The Labute approximate surface area is 244 Å². The van der Waals surface area contributed by atoms with Crippen molar-refractivity contribution in [2.24, 2.45) is 5.92 Å².